The number of aliphatic carboxylic acids is 1. The van der Waals surface area contributed by atoms with Crippen LogP contribution in [0.4, 0.5) is 5.69 Å². The molecular weight excluding hydrogens is 420 g/mol. The average Bonchev–Trinajstić information content (AvgIpc) is 2.68. The Bertz CT molecular complexity index is 1310. The van der Waals surface area contributed by atoms with E-state index in [1.54, 1.807) is 18.2 Å². The molecular formula is C18H13ClN4O7. The van der Waals surface area contributed by atoms with Crippen LogP contribution in [0, 0.1) is 10.1 Å². The number of nitro benzene ring substituents is 1. The van der Waals surface area contributed by atoms with Crippen molar-refractivity contribution in [2.24, 2.45) is 5.10 Å². The minimum absolute atomic E-state index is 0.0572. The van der Waals surface area contributed by atoms with Crippen molar-refractivity contribution in [3.05, 3.63) is 77.9 Å². The van der Waals surface area contributed by atoms with Gasteiger partial charge in [-0.15, -0.1) is 4.68 Å². The molecule has 0 saturated heterocycles. The number of nitro groups is 1. The molecule has 0 amide bonds. The number of nitrogens with one attached hydrogen (secondary N) is 1. The van der Waals surface area contributed by atoms with Crippen LogP contribution in [0.15, 0.2) is 51.1 Å². The third-order valence-corrected chi connectivity index (χ3v) is 4.22. The lowest BCUT2D eigenvalue weighted by molar-refractivity contribution is -0.386. The molecule has 0 fully saturated rings. The van der Waals surface area contributed by atoms with Crippen molar-refractivity contribution in [2.75, 3.05) is 0 Å². The van der Waals surface area contributed by atoms with Crippen molar-refractivity contribution in [2.45, 2.75) is 13.0 Å². The molecule has 1 aromatic heterocycles. The van der Waals surface area contributed by atoms with Gasteiger partial charge in [0.2, 0.25) is 5.75 Å². The zero-order chi connectivity index (χ0) is 22.0. The summed E-state index contributed by atoms with van der Waals surface area (Å²) >= 11 is 5.91. The normalized spacial score (nSPS) is 12.2. The largest absolute Gasteiger partial charge is 0.479 e. The summed E-state index contributed by atoms with van der Waals surface area (Å²) < 4.78 is 5.74. The molecule has 0 radical (unpaired) electrons. The fraction of sp³-hybridized carbons (Fsp3) is 0.111. The molecule has 11 nitrogen and oxygen atoms in total. The van der Waals surface area contributed by atoms with Gasteiger partial charge in [0.15, 0.2) is 6.10 Å². The maximum Gasteiger partial charge on any atom is 0.349 e. The van der Waals surface area contributed by atoms with Gasteiger partial charge in [-0.05, 0) is 25.1 Å². The number of carboxylic acid groups (broad SMARTS) is 1. The molecule has 0 saturated carbocycles. The molecule has 0 aliphatic heterocycles. The van der Waals surface area contributed by atoms with Gasteiger partial charge in [0, 0.05) is 16.7 Å². The molecule has 0 unspecified atom stereocenters. The van der Waals surface area contributed by atoms with Crippen molar-refractivity contribution in [1.29, 1.82) is 0 Å². The Morgan fingerprint density at radius 1 is 1.37 bits per heavy atom. The highest BCUT2D eigenvalue weighted by Crippen LogP contribution is 2.34. The van der Waals surface area contributed by atoms with Crippen LogP contribution in [0.5, 0.6) is 5.75 Å². The number of ether oxygens (including phenoxy) is 1. The predicted octanol–water partition coefficient (Wildman–Crippen LogP) is 1.99. The second-order valence-corrected chi connectivity index (χ2v) is 6.47. The SMILES string of the molecule is C[C@@H](Oc1c(C=Nn2c(=O)[nH]c3ccccc3c2=O)cc(Cl)cc1[N+](=O)[O-])C(=O)O. The fourth-order valence-corrected chi connectivity index (χ4v) is 2.79. The molecule has 12 heteroatoms. The summed E-state index contributed by atoms with van der Waals surface area (Å²) in [5.74, 6) is -1.78. The predicted molar refractivity (Wildman–Crippen MR) is 108 cm³/mol. The van der Waals surface area contributed by atoms with E-state index in [9.17, 15) is 24.5 Å². The number of fused-ring (bicyclic) bond motifs is 1. The lowest BCUT2D eigenvalue weighted by atomic mass is 10.2. The molecule has 3 rings (SSSR count). The molecule has 30 heavy (non-hydrogen) atoms. The standard InChI is InChI=1S/C18H13ClN4O7/c1-9(17(25)26)30-15-10(6-11(19)7-14(15)23(28)29)8-20-22-16(24)12-4-2-3-5-13(12)21-18(22)27/h2-9H,1H3,(H,21,27)(H,25,26)/t9-/m1/s1. The van der Waals surface area contributed by atoms with Crippen molar-refractivity contribution < 1.29 is 19.6 Å². The Hall–Kier alpha value is -3.99. The van der Waals surface area contributed by atoms with E-state index in [2.05, 4.69) is 10.1 Å². The number of carbonyl (C=O) groups is 1. The van der Waals surface area contributed by atoms with Gasteiger partial charge in [0.05, 0.1) is 22.0 Å². The number of hydrogen-bond acceptors (Lipinski definition) is 7. The highest BCUT2D eigenvalue weighted by atomic mass is 35.5. The number of halogens is 1. The van der Waals surface area contributed by atoms with Crippen LogP contribution in [0.25, 0.3) is 10.9 Å². The molecule has 1 atom stereocenters. The number of carboxylic acids is 1. The molecule has 0 bridgehead atoms. The van der Waals surface area contributed by atoms with Crippen molar-refractivity contribution in [3.8, 4) is 5.75 Å². The van der Waals surface area contributed by atoms with Crippen LogP contribution in [-0.4, -0.2) is 38.0 Å². The van der Waals surface area contributed by atoms with Gasteiger partial charge in [-0.25, -0.2) is 9.59 Å². The Morgan fingerprint density at radius 3 is 2.73 bits per heavy atom. The Balaban J connectivity index is 2.17. The van der Waals surface area contributed by atoms with E-state index in [4.69, 9.17) is 21.4 Å². The van der Waals surface area contributed by atoms with Crippen molar-refractivity contribution in [3.63, 3.8) is 0 Å². The van der Waals surface area contributed by atoms with Crippen LogP contribution in [0.3, 0.4) is 0 Å². The summed E-state index contributed by atoms with van der Waals surface area (Å²) in [6.07, 6.45) is -0.474. The Kier molecular flexibility index (Phi) is 5.65. The van der Waals surface area contributed by atoms with E-state index < -0.39 is 39.7 Å². The number of H-pyrrole nitrogens is 1. The summed E-state index contributed by atoms with van der Waals surface area (Å²) in [5.41, 5.74) is -1.94. The van der Waals surface area contributed by atoms with Gasteiger partial charge in [-0.2, -0.15) is 5.10 Å². The first-order chi connectivity index (χ1) is 14.2. The van der Waals surface area contributed by atoms with E-state index in [1.165, 1.54) is 19.1 Å². The van der Waals surface area contributed by atoms with Crippen LogP contribution in [0.1, 0.15) is 12.5 Å². The van der Waals surface area contributed by atoms with Crippen LogP contribution in [-0.2, 0) is 4.79 Å². The monoisotopic (exact) mass is 432 g/mol. The molecule has 2 aromatic carbocycles. The number of para-hydroxylation sites is 1. The summed E-state index contributed by atoms with van der Waals surface area (Å²) in [5, 5.41) is 24.4. The third kappa shape index (κ3) is 4.05. The summed E-state index contributed by atoms with van der Waals surface area (Å²) in [6.45, 7) is 1.18. The van der Waals surface area contributed by atoms with Gasteiger partial charge in [0.1, 0.15) is 0 Å². The van der Waals surface area contributed by atoms with Gasteiger partial charge in [-0.3, -0.25) is 14.9 Å². The lowest BCUT2D eigenvalue weighted by Gasteiger charge is -2.13. The average molecular weight is 433 g/mol. The number of benzene rings is 2. The van der Waals surface area contributed by atoms with Gasteiger partial charge in [0.25, 0.3) is 5.56 Å². The molecule has 154 valence electrons. The van der Waals surface area contributed by atoms with Crippen LogP contribution < -0.4 is 16.0 Å². The first-order valence-corrected chi connectivity index (χ1v) is 8.72. The first-order valence-electron chi connectivity index (χ1n) is 8.35. The topological polar surface area (TPSA) is 157 Å². The summed E-state index contributed by atoms with van der Waals surface area (Å²) in [6, 6.07) is 8.50. The lowest BCUT2D eigenvalue weighted by Crippen LogP contribution is -2.32. The number of aromatic amines is 1. The van der Waals surface area contributed by atoms with Crippen molar-refractivity contribution in [1.82, 2.24) is 9.66 Å². The molecule has 0 aliphatic carbocycles. The molecule has 0 aliphatic rings. The number of aromatic nitrogens is 2. The highest BCUT2D eigenvalue weighted by molar-refractivity contribution is 6.31. The van der Waals surface area contributed by atoms with E-state index in [0.29, 0.717) is 10.2 Å². The number of nitrogens with zero attached hydrogens (tertiary/aromatic N) is 3. The smallest absolute Gasteiger partial charge is 0.349 e. The van der Waals surface area contributed by atoms with Gasteiger partial charge < -0.3 is 14.8 Å². The minimum atomic E-state index is -1.43. The first kappa shape index (κ1) is 20.7. The minimum Gasteiger partial charge on any atom is -0.479 e. The highest BCUT2D eigenvalue weighted by Gasteiger charge is 2.25. The second-order valence-electron chi connectivity index (χ2n) is 6.04. The Labute approximate surface area is 171 Å². The maximum absolute atomic E-state index is 12.6. The second kappa shape index (κ2) is 8.17. The molecule has 1 heterocycles. The quantitative estimate of drug-likeness (QED) is 0.342. The van der Waals surface area contributed by atoms with Gasteiger partial charge in [-0.1, -0.05) is 23.7 Å². The van der Waals surface area contributed by atoms with E-state index in [0.717, 1.165) is 12.3 Å². The number of rotatable bonds is 6. The Morgan fingerprint density at radius 2 is 2.07 bits per heavy atom. The van der Waals surface area contributed by atoms with E-state index in [-0.39, 0.29) is 16.0 Å². The molecule has 3 aromatic rings. The third-order valence-electron chi connectivity index (χ3n) is 4.00. The van der Waals surface area contributed by atoms with Crippen LogP contribution in [0.2, 0.25) is 5.02 Å². The van der Waals surface area contributed by atoms with E-state index >= 15 is 0 Å². The fourth-order valence-electron chi connectivity index (χ4n) is 2.56. The molecule has 0 spiro atoms. The van der Waals surface area contributed by atoms with Gasteiger partial charge >= 0.3 is 17.3 Å². The zero-order valence-electron chi connectivity index (χ0n) is 15.2. The zero-order valence-corrected chi connectivity index (χ0v) is 16.0. The molecule has 2 N–H and O–H groups in total. The summed E-state index contributed by atoms with van der Waals surface area (Å²) in [4.78, 5) is 48.9. The van der Waals surface area contributed by atoms with Crippen molar-refractivity contribution >= 4 is 40.4 Å². The summed E-state index contributed by atoms with van der Waals surface area (Å²) in [7, 11) is 0. The van der Waals surface area contributed by atoms with E-state index in [1.807, 2.05) is 0 Å². The maximum atomic E-state index is 12.6. The van der Waals surface area contributed by atoms with Crippen LogP contribution >= 0.6 is 11.6 Å². The number of hydrogen-bond donors (Lipinski definition) is 2.